The van der Waals surface area contributed by atoms with E-state index in [0.717, 1.165) is 0 Å². The van der Waals surface area contributed by atoms with E-state index in [9.17, 15) is 39.9 Å². The van der Waals surface area contributed by atoms with Gasteiger partial charge >= 0.3 is 0 Å². The first-order valence-corrected chi connectivity index (χ1v) is 10.8. The molecule has 7 N–H and O–H groups in total. The third kappa shape index (κ3) is 2.70. The molecule has 8 atom stereocenters. The number of carbonyl (C=O) groups is 3. The van der Waals surface area contributed by atoms with Gasteiger partial charge < -0.3 is 31.3 Å². The number of ketones is 2. The summed E-state index contributed by atoms with van der Waals surface area (Å²) in [5.41, 5.74) is 0.0515. The molecule has 10 heteroatoms. The van der Waals surface area contributed by atoms with Crippen LogP contribution in [0.3, 0.4) is 0 Å². The number of primary amides is 1. The maximum Gasteiger partial charge on any atom is 0.255 e. The van der Waals surface area contributed by atoms with Crippen molar-refractivity contribution in [3.8, 4) is 0 Å². The zero-order valence-electron chi connectivity index (χ0n) is 18.3. The number of nitrogens with zero attached hydrogens (tertiary/aromatic N) is 1. The highest BCUT2D eigenvalue weighted by Crippen LogP contribution is 2.58. The Morgan fingerprint density at radius 3 is 2.25 bits per heavy atom. The van der Waals surface area contributed by atoms with Crippen LogP contribution in [0, 0.1) is 23.7 Å². The molecular weight excluding hydrogens is 420 g/mol. The van der Waals surface area contributed by atoms with Crippen molar-refractivity contribution in [3.05, 3.63) is 22.7 Å². The van der Waals surface area contributed by atoms with Gasteiger partial charge in [0, 0.05) is 23.3 Å². The number of hydrogen-bond acceptors (Lipinski definition) is 9. The van der Waals surface area contributed by atoms with Crippen molar-refractivity contribution in [2.75, 3.05) is 14.1 Å². The van der Waals surface area contributed by atoms with Gasteiger partial charge in [-0.25, -0.2) is 0 Å². The van der Waals surface area contributed by atoms with E-state index in [2.05, 4.69) is 0 Å². The number of Topliss-reactive ketones (excluding diaryl/α,β-unsaturated/α-hetero) is 2. The summed E-state index contributed by atoms with van der Waals surface area (Å²) in [6, 6.07) is -1.15. The number of aliphatic hydroxyl groups is 5. The maximum atomic E-state index is 13.5. The average molecular weight is 450 g/mol. The van der Waals surface area contributed by atoms with Crippen LogP contribution < -0.4 is 5.73 Å². The van der Waals surface area contributed by atoms with Gasteiger partial charge in [0.1, 0.15) is 17.1 Å². The van der Waals surface area contributed by atoms with Gasteiger partial charge in [0.15, 0.2) is 17.2 Å². The smallest absolute Gasteiger partial charge is 0.255 e. The zero-order chi connectivity index (χ0) is 23.9. The lowest BCUT2D eigenvalue weighted by atomic mass is 9.50. The van der Waals surface area contributed by atoms with E-state index in [1.54, 1.807) is 0 Å². The highest BCUT2D eigenvalue weighted by molar-refractivity contribution is 6.22. The van der Waals surface area contributed by atoms with Crippen molar-refractivity contribution < 1.29 is 39.9 Å². The molecule has 0 radical (unpaired) electrons. The van der Waals surface area contributed by atoms with Gasteiger partial charge in [0.25, 0.3) is 5.91 Å². The number of likely N-dealkylation sites (N-methyl/N-ethyl adjacent to an activating group) is 1. The summed E-state index contributed by atoms with van der Waals surface area (Å²) < 4.78 is 0. The lowest BCUT2D eigenvalue weighted by Gasteiger charge is -2.57. The molecule has 2 saturated carbocycles. The topological polar surface area (TPSA) is 182 Å². The van der Waals surface area contributed by atoms with Gasteiger partial charge in [-0.05, 0) is 40.3 Å². The molecule has 2 fully saturated rings. The summed E-state index contributed by atoms with van der Waals surface area (Å²) in [4.78, 5) is 39.9. The number of nitrogens with two attached hydrogens (primary N) is 1. The Bertz CT molecular complexity index is 967. The maximum absolute atomic E-state index is 13.5. The highest BCUT2D eigenvalue weighted by Gasteiger charge is 2.67. The quantitative estimate of drug-likeness (QED) is 0.290. The summed E-state index contributed by atoms with van der Waals surface area (Å²) in [5, 5.41) is 55.7. The molecule has 1 amide bonds. The van der Waals surface area contributed by atoms with Crippen LogP contribution in [0.5, 0.6) is 0 Å². The summed E-state index contributed by atoms with van der Waals surface area (Å²) in [7, 11) is 3.08. The van der Waals surface area contributed by atoms with E-state index in [0.29, 0.717) is 19.3 Å². The molecule has 4 rings (SSSR count). The number of aliphatic hydroxyl groups excluding tert-OH is 3. The zero-order valence-corrected chi connectivity index (χ0v) is 18.3. The number of carbonyl (C=O) groups excluding carboxylic acids is 3. The van der Waals surface area contributed by atoms with E-state index in [1.165, 1.54) is 25.9 Å². The minimum Gasteiger partial charge on any atom is -0.508 e. The average Bonchev–Trinajstić information content (AvgIpc) is 2.68. The minimum absolute atomic E-state index is 0.112. The van der Waals surface area contributed by atoms with Gasteiger partial charge in [0.2, 0.25) is 0 Å². The summed E-state index contributed by atoms with van der Waals surface area (Å²) in [5.74, 6) is -8.31. The van der Waals surface area contributed by atoms with Crippen molar-refractivity contribution in [2.24, 2.45) is 29.4 Å². The molecule has 0 aromatic rings. The van der Waals surface area contributed by atoms with Crippen molar-refractivity contribution in [3.63, 3.8) is 0 Å². The Hall–Kier alpha value is -2.27. The van der Waals surface area contributed by atoms with Crippen LogP contribution in [0.4, 0.5) is 0 Å². The molecule has 0 heterocycles. The van der Waals surface area contributed by atoms with Gasteiger partial charge in [-0.1, -0.05) is 6.42 Å². The minimum atomic E-state index is -2.61. The molecule has 4 aliphatic rings. The van der Waals surface area contributed by atoms with E-state index in [1.807, 2.05) is 0 Å². The molecule has 176 valence electrons. The summed E-state index contributed by atoms with van der Waals surface area (Å²) in [6.45, 7) is 1.54. The molecule has 0 aliphatic heterocycles. The highest BCUT2D eigenvalue weighted by atomic mass is 16.4. The fraction of sp³-hybridized carbons (Fsp3) is 0.682. The van der Waals surface area contributed by atoms with Crippen molar-refractivity contribution in [1.82, 2.24) is 4.90 Å². The normalized spacial score (nSPS) is 44.3. The SMILES string of the molecule is CN(C)[C@@H]1C(=O)C(C(N)=O)=C(O)[C@@]2(O)C(O)=C3C(=O)C4C(O)CCCC4[C@@](C)(O)C3C[C@@H]12. The first-order valence-electron chi connectivity index (χ1n) is 10.8. The second kappa shape index (κ2) is 7.11. The monoisotopic (exact) mass is 450 g/mol. The fourth-order valence-corrected chi connectivity index (χ4v) is 6.65. The summed E-state index contributed by atoms with van der Waals surface area (Å²) in [6.07, 6.45) is 0.365. The lowest BCUT2D eigenvalue weighted by Crippen LogP contribution is -2.67. The molecule has 0 bridgehead atoms. The Morgan fingerprint density at radius 2 is 1.69 bits per heavy atom. The predicted octanol–water partition coefficient (Wildman–Crippen LogP) is -0.913. The first kappa shape index (κ1) is 22.9. The molecule has 0 aromatic carbocycles. The van der Waals surface area contributed by atoms with E-state index >= 15 is 0 Å². The number of rotatable bonds is 2. The van der Waals surface area contributed by atoms with Crippen molar-refractivity contribution in [2.45, 2.75) is 56.0 Å². The first-order chi connectivity index (χ1) is 14.8. The van der Waals surface area contributed by atoms with Crippen molar-refractivity contribution >= 4 is 17.5 Å². The van der Waals surface area contributed by atoms with Gasteiger partial charge in [-0.3, -0.25) is 19.3 Å². The standard InChI is InChI=1S/C22H30N2O8/c1-21(31)8-5-4-6-11(25)12(8)16(26)13-9(21)7-10-15(24(2)3)17(27)14(20(23)30)19(29)22(10,32)18(13)28/h8-12,15,25,28-29,31-32H,4-7H2,1-3H3,(H2,23,30)/t8?,9?,10-,11?,12?,15-,21+,22-/m0/s1. The van der Waals surface area contributed by atoms with Crippen LogP contribution >= 0.6 is 0 Å². The van der Waals surface area contributed by atoms with Crippen LogP contribution in [0.25, 0.3) is 0 Å². The number of fused-ring (bicyclic) bond motifs is 3. The Kier molecular flexibility index (Phi) is 5.09. The molecule has 10 nitrogen and oxygen atoms in total. The molecule has 4 unspecified atom stereocenters. The molecule has 32 heavy (non-hydrogen) atoms. The number of hydrogen-bond donors (Lipinski definition) is 6. The van der Waals surface area contributed by atoms with E-state index in [-0.39, 0.29) is 12.0 Å². The number of amides is 1. The van der Waals surface area contributed by atoms with Gasteiger partial charge in [-0.15, -0.1) is 0 Å². The molecule has 0 spiro atoms. The van der Waals surface area contributed by atoms with Gasteiger partial charge in [-0.2, -0.15) is 0 Å². The lowest BCUT2D eigenvalue weighted by molar-refractivity contribution is -0.169. The third-order valence-electron chi connectivity index (χ3n) is 8.18. The second-order valence-corrected chi connectivity index (χ2v) is 10.0. The molecular formula is C22H30N2O8. The predicted molar refractivity (Wildman–Crippen MR) is 110 cm³/mol. The van der Waals surface area contributed by atoms with E-state index < -0.39 is 81.6 Å². The molecule has 0 aromatic heterocycles. The van der Waals surface area contributed by atoms with Crippen LogP contribution in [0.1, 0.15) is 32.6 Å². The van der Waals surface area contributed by atoms with Gasteiger partial charge in [0.05, 0.1) is 23.7 Å². The summed E-state index contributed by atoms with van der Waals surface area (Å²) >= 11 is 0. The fourth-order valence-electron chi connectivity index (χ4n) is 6.65. The van der Waals surface area contributed by atoms with Crippen LogP contribution in [0.2, 0.25) is 0 Å². The van der Waals surface area contributed by atoms with Crippen LogP contribution in [0.15, 0.2) is 22.7 Å². The van der Waals surface area contributed by atoms with Crippen LogP contribution in [-0.2, 0) is 14.4 Å². The Balaban J connectivity index is 1.99. The Labute approximate surface area is 185 Å². The molecule has 4 aliphatic carbocycles. The largest absolute Gasteiger partial charge is 0.508 e. The third-order valence-corrected chi connectivity index (χ3v) is 8.18. The van der Waals surface area contributed by atoms with Crippen molar-refractivity contribution in [1.29, 1.82) is 0 Å². The second-order valence-electron chi connectivity index (χ2n) is 10.0. The molecule has 0 saturated heterocycles. The van der Waals surface area contributed by atoms with Crippen LogP contribution in [-0.4, -0.2) is 85.3 Å². The Morgan fingerprint density at radius 1 is 1.06 bits per heavy atom. The van der Waals surface area contributed by atoms with E-state index in [4.69, 9.17) is 5.73 Å².